The number of hydrogen-bond donors (Lipinski definition) is 3. The van der Waals surface area contributed by atoms with Crippen LogP contribution in [-0.2, 0) is 14.8 Å². The van der Waals surface area contributed by atoms with Crippen LogP contribution in [0.25, 0.3) is 0 Å². The van der Waals surface area contributed by atoms with Crippen LogP contribution in [0.1, 0.15) is 20.3 Å². The van der Waals surface area contributed by atoms with Crippen LogP contribution in [0.15, 0.2) is 23.1 Å². The fourth-order valence-corrected chi connectivity index (χ4v) is 5.45. The zero-order chi connectivity index (χ0) is 22.5. The van der Waals surface area contributed by atoms with Gasteiger partial charge in [-0.15, -0.1) is 12.4 Å². The second kappa shape index (κ2) is 12.6. The lowest BCUT2D eigenvalue weighted by Gasteiger charge is -2.37. The van der Waals surface area contributed by atoms with Crippen molar-refractivity contribution in [3.63, 3.8) is 0 Å². The Morgan fingerprint density at radius 2 is 1.84 bits per heavy atom. The van der Waals surface area contributed by atoms with Gasteiger partial charge in [-0.1, -0.05) is 37.0 Å². The van der Waals surface area contributed by atoms with Gasteiger partial charge >= 0.3 is 0 Å². The summed E-state index contributed by atoms with van der Waals surface area (Å²) in [6, 6.07) is 2.73. The van der Waals surface area contributed by atoms with Gasteiger partial charge in [-0.2, -0.15) is 4.72 Å². The summed E-state index contributed by atoms with van der Waals surface area (Å²) in [7, 11) is -4.12. The number of aliphatic hydroxyl groups excluding tert-OH is 1. The Morgan fingerprint density at radius 1 is 1.23 bits per heavy atom. The number of benzene rings is 1. The largest absolute Gasteiger partial charge is 0.394 e. The number of rotatable bonds is 9. The van der Waals surface area contributed by atoms with Crippen molar-refractivity contribution >= 4 is 51.5 Å². The summed E-state index contributed by atoms with van der Waals surface area (Å²) >= 11 is 11.8. The molecule has 2 rings (SSSR count). The van der Waals surface area contributed by atoms with Crippen molar-refractivity contribution < 1.29 is 18.3 Å². The van der Waals surface area contributed by atoms with Crippen molar-refractivity contribution in [1.82, 2.24) is 14.5 Å². The molecule has 1 aromatic carbocycles. The summed E-state index contributed by atoms with van der Waals surface area (Å²) in [5.74, 6) is 0.0487. The number of hydrogen-bond acceptors (Lipinski definition) is 6. The molecular formula is C19H31Cl3N4O4S. The summed E-state index contributed by atoms with van der Waals surface area (Å²) in [6.07, 6.45) is 0.931. The standard InChI is InChI=1S/C19H30Cl2N4O4S.ClH/c1-13(2)9-15(22)11-24-5-7-25(8-6-24)19(27)17(12-26)23-30(28,29)18-4-3-14(20)10-16(18)21;/h3-4,10,13,15,17,23,26H,5-9,11-12,22H2,1-2H3;1H/t15-,17+;/m1./s1. The molecule has 12 heteroatoms. The van der Waals surface area contributed by atoms with E-state index in [-0.39, 0.29) is 28.4 Å². The molecule has 0 aliphatic carbocycles. The molecule has 0 bridgehead atoms. The minimum Gasteiger partial charge on any atom is -0.394 e. The molecule has 0 aromatic heterocycles. The molecule has 8 nitrogen and oxygen atoms in total. The van der Waals surface area contributed by atoms with Crippen LogP contribution in [0.4, 0.5) is 0 Å². The number of carbonyl (C=O) groups excluding carboxylic acids is 1. The number of amides is 1. The van der Waals surface area contributed by atoms with Crippen molar-refractivity contribution in [2.75, 3.05) is 39.3 Å². The van der Waals surface area contributed by atoms with E-state index in [2.05, 4.69) is 23.5 Å². The molecule has 0 radical (unpaired) electrons. The quantitative estimate of drug-likeness (QED) is 0.458. The maximum Gasteiger partial charge on any atom is 0.243 e. The summed E-state index contributed by atoms with van der Waals surface area (Å²) in [6.45, 7) is 6.51. The van der Waals surface area contributed by atoms with E-state index in [1.807, 2.05) is 0 Å². The first-order valence-corrected chi connectivity index (χ1v) is 12.1. The highest BCUT2D eigenvalue weighted by molar-refractivity contribution is 7.89. The molecule has 1 aromatic rings. The van der Waals surface area contributed by atoms with Gasteiger partial charge in [0.1, 0.15) is 10.9 Å². The third kappa shape index (κ3) is 8.33. The van der Waals surface area contributed by atoms with E-state index >= 15 is 0 Å². The first-order valence-electron chi connectivity index (χ1n) is 9.88. The van der Waals surface area contributed by atoms with Gasteiger partial charge < -0.3 is 15.7 Å². The number of halogens is 3. The van der Waals surface area contributed by atoms with Crippen LogP contribution in [-0.4, -0.2) is 80.6 Å². The Kier molecular flexibility index (Phi) is 11.5. The van der Waals surface area contributed by atoms with Crippen LogP contribution in [0.2, 0.25) is 10.0 Å². The Bertz CT molecular complexity index is 833. The second-order valence-corrected chi connectivity index (χ2v) is 10.5. The number of nitrogens with zero attached hydrogens (tertiary/aromatic N) is 2. The average Bonchev–Trinajstić information content (AvgIpc) is 2.65. The maximum absolute atomic E-state index is 12.8. The number of sulfonamides is 1. The molecule has 178 valence electrons. The van der Waals surface area contributed by atoms with Crippen LogP contribution in [0.3, 0.4) is 0 Å². The third-order valence-corrected chi connectivity index (χ3v) is 7.10. The van der Waals surface area contributed by atoms with Crippen LogP contribution in [0.5, 0.6) is 0 Å². The smallest absolute Gasteiger partial charge is 0.243 e. The molecule has 1 fully saturated rings. The van der Waals surface area contributed by atoms with Crippen LogP contribution >= 0.6 is 35.6 Å². The zero-order valence-corrected chi connectivity index (χ0v) is 20.8. The SMILES string of the molecule is CC(C)C[C@@H](N)CN1CCN(C(=O)[C@H](CO)NS(=O)(=O)c2ccc(Cl)cc2Cl)CC1.Cl. The highest BCUT2D eigenvalue weighted by Gasteiger charge is 2.31. The molecule has 1 saturated heterocycles. The molecule has 2 atom stereocenters. The number of nitrogens with one attached hydrogen (secondary N) is 1. The van der Waals surface area contributed by atoms with Gasteiger partial charge in [0.15, 0.2) is 0 Å². The van der Waals surface area contributed by atoms with Gasteiger partial charge in [0.05, 0.1) is 11.6 Å². The van der Waals surface area contributed by atoms with Gasteiger partial charge in [-0.05, 0) is 30.5 Å². The monoisotopic (exact) mass is 516 g/mol. The average molecular weight is 518 g/mol. The van der Waals surface area contributed by atoms with Crippen molar-refractivity contribution in [1.29, 1.82) is 0 Å². The molecule has 1 amide bonds. The van der Waals surface area contributed by atoms with E-state index in [1.165, 1.54) is 18.2 Å². The van der Waals surface area contributed by atoms with E-state index in [1.54, 1.807) is 4.90 Å². The van der Waals surface area contributed by atoms with Gasteiger partial charge in [-0.25, -0.2) is 8.42 Å². The Hall–Kier alpha value is -0.650. The lowest BCUT2D eigenvalue weighted by molar-refractivity contribution is -0.135. The molecule has 0 spiro atoms. The molecule has 1 aliphatic heterocycles. The van der Waals surface area contributed by atoms with E-state index in [9.17, 15) is 18.3 Å². The maximum atomic E-state index is 12.8. The van der Waals surface area contributed by atoms with E-state index in [0.29, 0.717) is 37.1 Å². The third-order valence-electron chi connectivity index (χ3n) is 4.91. The highest BCUT2D eigenvalue weighted by atomic mass is 35.5. The Labute approximate surface area is 200 Å². The minimum absolute atomic E-state index is 0. The molecule has 0 unspecified atom stereocenters. The normalized spacial score (nSPS) is 17.3. The van der Waals surface area contributed by atoms with E-state index < -0.39 is 28.6 Å². The lowest BCUT2D eigenvalue weighted by Crippen LogP contribution is -2.57. The summed E-state index contributed by atoms with van der Waals surface area (Å²) in [5.41, 5.74) is 6.16. The first-order chi connectivity index (χ1) is 14.0. The Balaban J connectivity index is 0.00000480. The number of aliphatic hydroxyl groups is 1. The van der Waals surface area contributed by atoms with Crippen molar-refractivity contribution in [2.45, 2.75) is 37.2 Å². The Morgan fingerprint density at radius 3 is 2.35 bits per heavy atom. The highest BCUT2D eigenvalue weighted by Crippen LogP contribution is 2.25. The second-order valence-electron chi connectivity index (χ2n) is 7.95. The predicted molar refractivity (Wildman–Crippen MR) is 125 cm³/mol. The topological polar surface area (TPSA) is 116 Å². The molecule has 1 heterocycles. The zero-order valence-electron chi connectivity index (χ0n) is 17.6. The minimum atomic E-state index is -4.12. The number of carbonyl (C=O) groups is 1. The van der Waals surface area contributed by atoms with Gasteiger partial charge in [0, 0.05) is 43.8 Å². The first kappa shape index (κ1) is 28.4. The summed E-state index contributed by atoms with van der Waals surface area (Å²) < 4.78 is 27.5. The van der Waals surface area contributed by atoms with Crippen LogP contribution < -0.4 is 10.5 Å². The molecule has 31 heavy (non-hydrogen) atoms. The van der Waals surface area contributed by atoms with Gasteiger partial charge in [-0.3, -0.25) is 9.69 Å². The predicted octanol–water partition coefficient (Wildman–Crippen LogP) is 1.57. The number of nitrogens with two attached hydrogens (primary N) is 1. The van der Waals surface area contributed by atoms with Crippen molar-refractivity contribution in [2.24, 2.45) is 11.7 Å². The fraction of sp³-hybridized carbons (Fsp3) is 0.632. The number of piperazine rings is 1. The van der Waals surface area contributed by atoms with E-state index in [4.69, 9.17) is 28.9 Å². The summed E-state index contributed by atoms with van der Waals surface area (Å²) in [5, 5.41) is 9.88. The van der Waals surface area contributed by atoms with Crippen molar-refractivity contribution in [3.8, 4) is 0 Å². The lowest BCUT2D eigenvalue weighted by atomic mass is 10.0. The molecule has 4 N–H and O–H groups in total. The van der Waals surface area contributed by atoms with Crippen LogP contribution in [0, 0.1) is 5.92 Å². The molecular weight excluding hydrogens is 487 g/mol. The van der Waals surface area contributed by atoms with Gasteiger partial charge in [0.2, 0.25) is 15.9 Å². The van der Waals surface area contributed by atoms with Gasteiger partial charge in [0.25, 0.3) is 0 Å². The molecule has 1 aliphatic rings. The summed E-state index contributed by atoms with van der Waals surface area (Å²) in [4.78, 5) is 16.3. The van der Waals surface area contributed by atoms with Crippen molar-refractivity contribution in [3.05, 3.63) is 28.2 Å². The molecule has 0 saturated carbocycles. The van der Waals surface area contributed by atoms with E-state index in [0.717, 1.165) is 13.0 Å². The fourth-order valence-electron chi connectivity index (χ4n) is 3.49.